The number of nitrogens with zero attached hydrogens (tertiary/aromatic N) is 4. The van der Waals surface area contributed by atoms with E-state index in [1.807, 2.05) is 18.2 Å². The van der Waals surface area contributed by atoms with Crippen LogP contribution in [-0.4, -0.2) is 50.2 Å². The van der Waals surface area contributed by atoms with Gasteiger partial charge in [-0.2, -0.15) is 0 Å². The SMILES string of the molecule is O=C(O)N1CC[C@H](Nc2cncc(-c3cnc(Nc4cccc(Cl)c4)nc3)c2)C1. The molecule has 0 unspecified atom stereocenters. The second-order valence-electron chi connectivity index (χ2n) is 6.75. The summed E-state index contributed by atoms with van der Waals surface area (Å²) in [7, 11) is 0. The highest BCUT2D eigenvalue weighted by Gasteiger charge is 2.25. The Morgan fingerprint density at radius 3 is 2.66 bits per heavy atom. The lowest BCUT2D eigenvalue weighted by molar-refractivity contribution is 0.155. The summed E-state index contributed by atoms with van der Waals surface area (Å²) in [5.74, 6) is 0.470. The summed E-state index contributed by atoms with van der Waals surface area (Å²) in [5.41, 5.74) is 3.35. The monoisotopic (exact) mass is 410 g/mol. The fourth-order valence-electron chi connectivity index (χ4n) is 3.20. The van der Waals surface area contributed by atoms with E-state index in [1.54, 1.807) is 36.9 Å². The number of aromatic nitrogens is 3. The highest BCUT2D eigenvalue weighted by Crippen LogP contribution is 2.23. The molecule has 9 heteroatoms. The Kier molecular flexibility index (Phi) is 5.44. The Labute approximate surface area is 172 Å². The maximum Gasteiger partial charge on any atom is 0.407 e. The van der Waals surface area contributed by atoms with E-state index < -0.39 is 6.09 Å². The van der Waals surface area contributed by atoms with Gasteiger partial charge >= 0.3 is 6.09 Å². The quantitative estimate of drug-likeness (QED) is 0.581. The largest absolute Gasteiger partial charge is 0.465 e. The van der Waals surface area contributed by atoms with Crippen LogP contribution in [0.4, 0.5) is 22.1 Å². The average molecular weight is 411 g/mol. The number of likely N-dealkylation sites (tertiary alicyclic amines) is 1. The average Bonchev–Trinajstić information content (AvgIpc) is 3.18. The third kappa shape index (κ3) is 4.72. The van der Waals surface area contributed by atoms with Gasteiger partial charge in [-0.3, -0.25) is 4.98 Å². The van der Waals surface area contributed by atoms with Gasteiger partial charge in [0.05, 0.1) is 5.69 Å². The number of carboxylic acid groups (broad SMARTS) is 1. The molecular weight excluding hydrogens is 392 g/mol. The minimum atomic E-state index is -0.884. The Hall–Kier alpha value is -3.39. The Morgan fingerprint density at radius 2 is 1.93 bits per heavy atom. The van der Waals surface area contributed by atoms with Crippen LogP contribution in [0.2, 0.25) is 5.02 Å². The standard InChI is InChI=1S/C20H19ClN6O2/c21-15-2-1-3-16(7-15)26-19-23-9-14(10-24-19)13-6-18(11-22-8-13)25-17-4-5-27(12-17)20(28)29/h1-3,6-11,17,25H,4-5,12H2,(H,28,29)(H,23,24,26)/t17-/m0/s1. The number of nitrogens with one attached hydrogen (secondary N) is 2. The fourth-order valence-corrected chi connectivity index (χ4v) is 3.39. The first-order valence-corrected chi connectivity index (χ1v) is 9.49. The van der Waals surface area contributed by atoms with Crippen LogP contribution in [0.3, 0.4) is 0 Å². The summed E-state index contributed by atoms with van der Waals surface area (Å²) in [6.45, 7) is 1.00. The fraction of sp³-hybridized carbons (Fsp3) is 0.200. The van der Waals surface area contributed by atoms with E-state index in [-0.39, 0.29) is 6.04 Å². The van der Waals surface area contributed by atoms with Crippen molar-refractivity contribution >= 4 is 35.0 Å². The van der Waals surface area contributed by atoms with E-state index in [1.165, 1.54) is 4.90 Å². The molecule has 1 aliphatic rings. The van der Waals surface area contributed by atoms with Crippen LogP contribution in [0, 0.1) is 0 Å². The first-order chi connectivity index (χ1) is 14.1. The van der Waals surface area contributed by atoms with E-state index in [9.17, 15) is 4.79 Å². The molecule has 1 amide bonds. The van der Waals surface area contributed by atoms with Crippen LogP contribution in [0.25, 0.3) is 11.1 Å². The number of pyridine rings is 1. The van der Waals surface area contributed by atoms with Crippen molar-refractivity contribution in [3.05, 3.63) is 60.1 Å². The van der Waals surface area contributed by atoms with Gasteiger partial charge in [-0.25, -0.2) is 14.8 Å². The highest BCUT2D eigenvalue weighted by atomic mass is 35.5. The highest BCUT2D eigenvalue weighted by molar-refractivity contribution is 6.30. The lowest BCUT2D eigenvalue weighted by Gasteiger charge is -2.15. The predicted molar refractivity (Wildman–Crippen MR) is 112 cm³/mol. The molecule has 1 fully saturated rings. The third-order valence-corrected chi connectivity index (χ3v) is 4.87. The normalized spacial score (nSPS) is 15.9. The van der Waals surface area contributed by atoms with Gasteiger partial charge in [0.1, 0.15) is 0 Å². The molecule has 3 aromatic rings. The summed E-state index contributed by atoms with van der Waals surface area (Å²) in [5, 5.41) is 16.2. The lowest BCUT2D eigenvalue weighted by atomic mass is 10.1. The number of carbonyl (C=O) groups is 1. The number of benzene rings is 1. The van der Waals surface area contributed by atoms with Crippen LogP contribution in [0.5, 0.6) is 0 Å². The lowest BCUT2D eigenvalue weighted by Crippen LogP contribution is -2.30. The zero-order chi connectivity index (χ0) is 20.2. The minimum Gasteiger partial charge on any atom is -0.465 e. The van der Waals surface area contributed by atoms with Crippen molar-refractivity contribution in [2.24, 2.45) is 0 Å². The second-order valence-corrected chi connectivity index (χ2v) is 7.19. The molecule has 1 aromatic carbocycles. The van der Waals surface area contributed by atoms with E-state index in [4.69, 9.17) is 16.7 Å². The Balaban J connectivity index is 1.43. The topological polar surface area (TPSA) is 103 Å². The molecule has 29 heavy (non-hydrogen) atoms. The van der Waals surface area contributed by atoms with Crippen molar-refractivity contribution in [1.29, 1.82) is 0 Å². The van der Waals surface area contributed by atoms with Crippen molar-refractivity contribution in [2.45, 2.75) is 12.5 Å². The number of halogens is 1. The van der Waals surface area contributed by atoms with Crippen LogP contribution in [0.15, 0.2) is 55.1 Å². The van der Waals surface area contributed by atoms with Crippen LogP contribution < -0.4 is 10.6 Å². The molecule has 1 saturated heterocycles. The predicted octanol–water partition coefficient (Wildman–Crippen LogP) is 4.10. The molecule has 0 saturated carbocycles. The number of anilines is 3. The molecule has 8 nitrogen and oxygen atoms in total. The number of amides is 1. The van der Waals surface area contributed by atoms with Crippen molar-refractivity contribution in [2.75, 3.05) is 23.7 Å². The van der Waals surface area contributed by atoms with Crippen molar-refractivity contribution in [3.8, 4) is 11.1 Å². The molecule has 4 rings (SSSR count). The summed E-state index contributed by atoms with van der Waals surface area (Å²) >= 11 is 5.99. The van der Waals surface area contributed by atoms with Crippen LogP contribution in [-0.2, 0) is 0 Å². The van der Waals surface area contributed by atoms with Gasteiger partial charge in [-0.1, -0.05) is 17.7 Å². The Bertz CT molecular complexity index is 1010. The first kappa shape index (κ1) is 18.9. The molecule has 0 bridgehead atoms. The molecular formula is C20H19ClN6O2. The van der Waals surface area contributed by atoms with E-state index >= 15 is 0 Å². The van der Waals surface area contributed by atoms with Crippen molar-refractivity contribution in [1.82, 2.24) is 19.9 Å². The first-order valence-electron chi connectivity index (χ1n) is 9.11. The second kappa shape index (κ2) is 8.32. The number of hydrogen-bond acceptors (Lipinski definition) is 6. The van der Waals surface area contributed by atoms with Gasteiger partial charge in [-0.05, 0) is 30.7 Å². The summed E-state index contributed by atoms with van der Waals surface area (Å²) in [4.78, 5) is 25.5. The van der Waals surface area contributed by atoms with Gasteiger partial charge in [0.15, 0.2) is 0 Å². The van der Waals surface area contributed by atoms with E-state index in [0.717, 1.165) is 28.9 Å². The van der Waals surface area contributed by atoms with Crippen molar-refractivity contribution in [3.63, 3.8) is 0 Å². The van der Waals surface area contributed by atoms with Crippen LogP contribution >= 0.6 is 11.6 Å². The zero-order valence-electron chi connectivity index (χ0n) is 15.4. The summed E-state index contributed by atoms with van der Waals surface area (Å²) in [6, 6.07) is 9.37. The Morgan fingerprint density at radius 1 is 1.10 bits per heavy atom. The minimum absolute atomic E-state index is 0.0728. The molecule has 0 radical (unpaired) electrons. The van der Waals surface area contributed by atoms with Gasteiger partial charge in [-0.15, -0.1) is 0 Å². The maximum absolute atomic E-state index is 11.1. The van der Waals surface area contributed by atoms with Crippen LogP contribution in [0.1, 0.15) is 6.42 Å². The molecule has 148 valence electrons. The van der Waals surface area contributed by atoms with Crippen molar-refractivity contribution < 1.29 is 9.90 Å². The summed E-state index contributed by atoms with van der Waals surface area (Å²) in [6.07, 6.45) is 6.80. The third-order valence-electron chi connectivity index (χ3n) is 4.63. The molecule has 1 aliphatic heterocycles. The van der Waals surface area contributed by atoms with Gasteiger partial charge in [0, 0.05) is 65.8 Å². The number of hydrogen-bond donors (Lipinski definition) is 3. The molecule has 0 spiro atoms. The molecule has 1 atom stereocenters. The number of rotatable bonds is 5. The molecule has 0 aliphatic carbocycles. The maximum atomic E-state index is 11.1. The van der Waals surface area contributed by atoms with Gasteiger partial charge in [0.2, 0.25) is 5.95 Å². The van der Waals surface area contributed by atoms with Gasteiger partial charge < -0.3 is 20.6 Å². The molecule has 3 heterocycles. The zero-order valence-corrected chi connectivity index (χ0v) is 16.2. The van der Waals surface area contributed by atoms with Gasteiger partial charge in [0.25, 0.3) is 0 Å². The molecule has 2 aromatic heterocycles. The smallest absolute Gasteiger partial charge is 0.407 e. The molecule has 3 N–H and O–H groups in total. The van der Waals surface area contributed by atoms with E-state index in [2.05, 4.69) is 25.6 Å². The summed E-state index contributed by atoms with van der Waals surface area (Å²) < 4.78 is 0. The van der Waals surface area contributed by atoms with E-state index in [0.29, 0.717) is 24.1 Å².